The largest absolute Gasteiger partial charge is 0.390 e. The highest BCUT2D eigenvalue weighted by atomic mass is 19.1. The highest BCUT2D eigenvalue weighted by Crippen LogP contribution is 2.33. The molecule has 1 aliphatic carbocycles. The van der Waals surface area contributed by atoms with Gasteiger partial charge in [0.2, 0.25) is 0 Å². The third-order valence-electron chi connectivity index (χ3n) is 6.82. The summed E-state index contributed by atoms with van der Waals surface area (Å²) in [6, 6.07) is 25.9. The number of hydrogen-bond donors (Lipinski definition) is 3. The Balaban J connectivity index is 1.24. The number of aliphatic hydroxyl groups excluding tert-OH is 1. The summed E-state index contributed by atoms with van der Waals surface area (Å²) in [5.41, 5.74) is 4.92. The van der Waals surface area contributed by atoms with E-state index in [1.807, 2.05) is 54.6 Å². The molecule has 6 heteroatoms. The fourth-order valence-corrected chi connectivity index (χ4v) is 4.84. The molecule has 0 bridgehead atoms. The molecule has 0 saturated carbocycles. The summed E-state index contributed by atoms with van der Waals surface area (Å²) in [5.74, 6) is -1.39. The lowest BCUT2D eigenvalue weighted by atomic mass is 10.0. The topological polar surface area (TPSA) is 61.4 Å². The van der Waals surface area contributed by atoms with E-state index in [4.69, 9.17) is 0 Å². The summed E-state index contributed by atoms with van der Waals surface area (Å²) in [6.45, 7) is 1.17. The van der Waals surface area contributed by atoms with Crippen LogP contribution in [0.25, 0.3) is 11.1 Å². The van der Waals surface area contributed by atoms with E-state index in [-0.39, 0.29) is 11.4 Å². The van der Waals surface area contributed by atoms with Gasteiger partial charge in [0.25, 0.3) is 5.91 Å². The summed E-state index contributed by atoms with van der Waals surface area (Å²) in [7, 11) is 0. The average Bonchev–Trinajstić information content (AvgIpc) is 3.22. The van der Waals surface area contributed by atoms with E-state index in [0.717, 1.165) is 22.3 Å². The lowest BCUT2D eigenvalue weighted by Crippen LogP contribution is -2.34. The summed E-state index contributed by atoms with van der Waals surface area (Å²) >= 11 is 0. The van der Waals surface area contributed by atoms with Crippen molar-refractivity contribution in [1.82, 2.24) is 10.6 Å². The van der Waals surface area contributed by atoms with Crippen molar-refractivity contribution in [1.29, 1.82) is 0 Å². The van der Waals surface area contributed by atoms with Crippen LogP contribution in [0.5, 0.6) is 0 Å². The molecule has 0 unspecified atom stereocenters. The van der Waals surface area contributed by atoms with Gasteiger partial charge in [0.05, 0.1) is 17.7 Å². The van der Waals surface area contributed by atoms with Gasteiger partial charge in [-0.3, -0.25) is 4.79 Å². The zero-order valence-corrected chi connectivity index (χ0v) is 20.3. The molecule has 2 atom stereocenters. The summed E-state index contributed by atoms with van der Waals surface area (Å²) in [4.78, 5) is 13.0. The molecule has 3 N–H and O–H groups in total. The number of rotatable bonds is 8. The molecule has 0 radical (unpaired) electrons. The number of nitrogens with one attached hydrogen (secondary N) is 2. The van der Waals surface area contributed by atoms with Crippen molar-refractivity contribution in [3.05, 3.63) is 130 Å². The molecule has 4 aromatic rings. The number of halogens is 2. The second-order valence-corrected chi connectivity index (χ2v) is 9.33. The van der Waals surface area contributed by atoms with Crippen molar-refractivity contribution in [2.24, 2.45) is 0 Å². The molecule has 4 nitrogen and oxygen atoms in total. The lowest BCUT2D eigenvalue weighted by Gasteiger charge is -2.19. The van der Waals surface area contributed by atoms with Gasteiger partial charge in [-0.25, -0.2) is 8.78 Å². The number of carbonyl (C=O) groups excluding carboxylic acids is 1. The molecule has 0 saturated heterocycles. The monoisotopic (exact) mass is 498 g/mol. The Morgan fingerprint density at radius 3 is 2.43 bits per heavy atom. The first-order valence-electron chi connectivity index (χ1n) is 12.4. The molecule has 0 aromatic heterocycles. The predicted molar refractivity (Wildman–Crippen MR) is 140 cm³/mol. The van der Waals surface area contributed by atoms with E-state index in [9.17, 15) is 18.7 Å². The second-order valence-electron chi connectivity index (χ2n) is 9.33. The molecule has 0 fully saturated rings. The van der Waals surface area contributed by atoms with Gasteiger partial charge < -0.3 is 15.7 Å². The first kappa shape index (κ1) is 24.8. The van der Waals surface area contributed by atoms with Crippen LogP contribution in [0.1, 0.15) is 38.7 Å². The molecule has 0 aliphatic heterocycles. The molecular formula is C31H28F2N2O2. The first-order valence-corrected chi connectivity index (χ1v) is 12.4. The first-order chi connectivity index (χ1) is 18.0. The maximum Gasteiger partial charge on any atom is 0.254 e. The Kier molecular flexibility index (Phi) is 7.40. The Morgan fingerprint density at radius 2 is 1.65 bits per heavy atom. The van der Waals surface area contributed by atoms with Crippen LogP contribution in [0.3, 0.4) is 0 Å². The van der Waals surface area contributed by atoms with E-state index < -0.39 is 23.9 Å². The summed E-state index contributed by atoms with van der Waals surface area (Å²) < 4.78 is 28.7. The minimum Gasteiger partial charge on any atom is -0.390 e. The van der Waals surface area contributed by atoms with Crippen LogP contribution < -0.4 is 10.6 Å². The van der Waals surface area contributed by atoms with Gasteiger partial charge in [-0.15, -0.1) is 0 Å². The number of benzene rings is 4. The zero-order valence-electron chi connectivity index (χ0n) is 20.3. The Morgan fingerprint density at radius 1 is 0.865 bits per heavy atom. The van der Waals surface area contributed by atoms with E-state index in [2.05, 4.69) is 10.6 Å². The van der Waals surface area contributed by atoms with Crippen LogP contribution in [0.2, 0.25) is 0 Å². The summed E-state index contributed by atoms with van der Waals surface area (Å²) in [5, 5.41) is 16.8. The Hall–Kier alpha value is -3.87. The van der Waals surface area contributed by atoms with Gasteiger partial charge in [-0.2, -0.15) is 0 Å². The maximum atomic E-state index is 14.9. The van der Waals surface area contributed by atoms with Crippen molar-refractivity contribution in [3.63, 3.8) is 0 Å². The van der Waals surface area contributed by atoms with Crippen LogP contribution in [-0.2, 0) is 19.4 Å². The number of fused-ring (bicyclic) bond motifs is 1. The number of aliphatic hydroxyl groups is 1. The van der Waals surface area contributed by atoms with E-state index >= 15 is 0 Å². The van der Waals surface area contributed by atoms with Crippen LogP contribution in [0, 0.1) is 11.6 Å². The molecule has 0 spiro atoms. The quantitative estimate of drug-likeness (QED) is 0.287. The van der Waals surface area contributed by atoms with Crippen molar-refractivity contribution in [3.8, 4) is 11.1 Å². The van der Waals surface area contributed by atoms with E-state index in [1.54, 1.807) is 18.2 Å². The molecule has 1 amide bonds. The average molecular weight is 499 g/mol. The molecule has 37 heavy (non-hydrogen) atoms. The molecule has 5 rings (SSSR count). The van der Waals surface area contributed by atoms with Crippen molar-refractivity contribution in [2.45, 2.75) is 31.5 Å². The standard InChI is InChI=1S/C31H28F2N2O2/c32-27-9-5-4-8-22(27)14-15-34-19-20-10-11-24-18-29(36)30(26(24)16-20)35-31(37)25-13-12-23(17-28(25)33)21-6-2-1-3-7-21/h1-13,16-17,29-30,34,36H,14-15,18-19H2,(H,35,37)/t29-,30-/m1/s1. The van der Waals surface area contributed by atoms with Gasteiger partial charge in [0.1, 0.15) is 11.6 Å². The highest BCUT2D eigenvalue weighted by Gasteiger charge is 2.33. The van der Waals surface area contributed by atoms with Gasteiger partial charge in [0.15, 0.2) is 0 Å². The van der Waals surface area contributed by atoms with Crippen LogP contribution in [0.15, 0.2) is 91.0 Å². The third kappa shape index (κ3) is 5.61. The van der Waals surface area contributed by atoms with Gasteiger partial charge in [0, 0.05) is 13.0 Å². The smallest absolute Gasteiger partial charge is 0.254 e. The van der Waals surface area contributed by atoms with E-state index in [0.29, 0.717) is 37.1 Å². The van der Waals surface area contributed by atoms with Gasteiger partial charge >= 0.3 is 0 Å². The normalized spacial score (nSPS) is 16.4. The molecule has 4 aromatic carbocycles. The Labute approximate surface area is 215 Å². The van der Waals surface area contributed by atoms with Gasteiger partial charge in [-0.1, -0.05) is 72.8 Å². The summed E-state index contributed by atoms with van der Waals surface area (Å²) in [6.07, 6.45) is 0.190. The van der Waals surface area contributed by atoms with Crippen molar-refractivity contribution in [2.75, 3.05) is 6.54 Å². The number of amides is 1. The van der Waals surface area contributed by atoms with Gasteiger partial charge in [-0.05, 0) is 64.5 Å². The van der Waals surface area contributed by atoms with Crippen LogP contribution in [-0.4, -0.2) is 23.7 Å². The fraction of sp³-hybridized carbons (Fsp3) is 0.194. The molecular weight excluding hydrogens is 470 g/mol. The molecule has 188 valence electrons. The predicted octanol–water partition coefficient (Wildman–Crippen LogP) is 5.35. The second kappa shape index (κ2) is 11.0. The molecule has 0 heterocycles. The minimum absolute atomic E-state index is 0.0636. The molecule has 1 aliphatic rings. The fourth-order valence-electron chi connectivity index (χ4n) is 4.84. The van der Waals surface area contributed by atoms with E-state index in [1.165, 1.54) is 18.2 Å². The van der Waals surface area contributed by atoms with Crippen LogP contribution in [0.4, 0.5) is 8.78 Å². The number of carbonyl (C=O) groups is 1. The number of hydrogen-bond acceptors (Lipinski definition) is 3. The third-order valence-corrected chi connectivity index (χ3v) is 6.82. The zero-order chi connectivity index (χ0) is 25.8. The Bertz CT molecular complexity index is 1410. The SMILES string of the molecule is O=C(N[C@@H]1c2cc(CNCCc3ccccc3F)ccc2C[C@H]1O)c1ccc(-c2ccccc2)cc1F. The lowest BCUT2D eigenvalue weighted by molar-refractivity contribution is 0.0854. The maximum absolute atomic E-state index is 14.9. The minimum atomic E-state index is -0.796. The van der Waals surface area contributed by atoms with Crippen molar-refractivity contribution >= 4 is 5.91 Å². The van der Waals surface area contributed by atoms with Crippen LogP contribution >= 0.6 is 0 Å². The van der Waals surface area contributed by atoms with Crippen molar-refractivity contribution < 1.29 is 18.7 Å². The highest BCUT2D eigenvalue weighted by molar-refractivity contribution is 5.95.